The zero-order chi connectivity index (χ0) is 23.9. The quantitative estimate of drug-likeness (QED) is 0.260. The molecule has 0 radical (unpaired) electrons. The van der Waals surface area contributed by atoms with Crippen LogP contribution in [0.5, 0.6) is 0 Å². The van der Waals surface area contributed by atoms with Gasteiger partial charge in [-0.25, -0.2) is 4.57 Å². The Morgan fingerprint density at radius 1 is 0.743 bits per heavy atom. The summed E-state index contributed by atoms with van der Waals surface area (Å²) in [6.45, 7) is 2.13. The first-order valence-corrected chi connectivity index (χ1v) is 11.7. The van der Waals surface area contributed by atoms with Gasteiger partial charge in [-0.3, -0.25) is 0 Å². The average molecular weight is 452 g/mol. The first-order chi connectivity index (χ1) is 17.2. The number of hydrogen-bond acceptors (Lipinski definition) is 2. The highest BCUT2D eigenvalue weighted by molar-refractivity contribution is 6.16. The predicted octanol–water partition coefficient (Wildman–Crippen LogP) is 7.59. The lowest BCUT2D eigenvalue weighted by molar-refractivity contribution is -0.660. The fraction of sp³-hybridized carbons (Fsp3) is 0.0625. The average Bonchev–Trinajstić information content (AvgIpc) is 3.28. The van der Waals surface area contributed by atoms with Gasteiger partial charge in [-0.15, -0.1) is 0 Å². The van der Waals surface area contributed by atoms with Gasteiger partial charge in [0.15, 0.2) is 6.20 Å². The van der Waals surface area contributed by atoms with Crippen molar-refractivity contribution in [1.29, 1.82) is 5.26 Å². The Hall–Kier alpha value is -4.68. The van der Waals surface area contributed by atoms with Crippen LogP contribution in [0.3, 0.4) is 0 Å². The zero-order valence-corrected chi connectivity index (χ0v) is 19.6. The highest BCUT2D eigenvalue weighted by atomic mass is 16.3. The van der Waals surface area contributed by atoms with Crippen LogP contribution in [0.2, 0.25) is 0 Å². The number of benzene rings is 4. The molecule has 0 amide bonds. The van der Waals surface area contributed by atoms with Gasteiger partial charge in [0.1, 0.15) is 18.2 Å². The van der Waals surface area contributed by atoms with Gasteiger partial charge in [-0.05, 0) is 59.5 Å². The van der Waals surface area contributed by atoms with Gasteiger partial charge in [-0.1, -0.05) is 54.6 Å². The number of rotatable bonds is 3. The van der Waals surface area contributed by atoms with E-state index in [-0.39, 0.29) is 0 Å². The third-order valence-corrected chi connectivity index (χ3v) is 6.70. The van der Waals surface area contributed by atoms with Crippen LogP contribution in [-0.4, -0.2) is 0 Å². The third-order valence-electron chi connectivity index (χ3n) is 6.70. The number of furan rings is 1. The van der Waals surface area contributed by atoms with Crippen molar-refractivity contribution < 1.29 is 8.98 Å². The van der Waals surface area contributed by atoms with Crippen LogP contribution in [0.25, 0.3) is 55.4 Å². The Morgan fingerprint density at radius 2 is 1.51 bits per heavy atom. The van der Waals surface area contributed by atoms with Crippen molar-refractivity contribution in [3.05, 3.63) is 114 Å². The van der Waals surface area contributed by atoms with Crippen molar-refractivity contribution in [1.82, 2.24) is 0 Å². The minimum absolute atomic E-state index is 0.602. The monoisotopic (exact) mass is 451 g/mol. The highest BCUT2D eigenvalue weighted by Crippen LogP contribution is 2.42. The number of hydrogen-bond donors (Lipinski definition) is 0. The highest BCUT2D eigenvalue weighted by Gasteiger charge is 2.23. The topological polar surface area (TPSA) is 40.8 Å². The van der Waals surface area contributed by atoms with E-state index in [9.17, 15) is 5.26 Å². The Labute approximate surface area is 204 Å². The third kappa shape index (κ3) is 3.39. The lowest BCUT2D eigenvalue weighted by atomic mass is 9.93. The molecule has 2 heterocycles. The van der Waals surface area contributed by atoms with E-state index >= 15 is 0 Å². The summed E-state index contributed by atoms with van der Waals surface area (Å²) in [4.78, 5) is 0. The molecule has 0 aliphatic carbocycles. The predicted molar refractivity (Wildman–Crippen MR) is 141 cm³/mol. The molecule has 0 fully saturated rings. The number of aryl methyl sites for hydroxylation is 2. The number of nitriles is 1. The summed E-state index contributed by atoms with van der Waals surface area (Å²) in [6, 6.07) is 35.3. The number of fused-ring (bicyclic) bond motifs is 3. The fourth-order valence-corrected chi connectivity index (χ4v) is 5.01. The first kappa shape index (κ1) is 20.9. The Morgan fingerprint density at radius 3 is 2.31 bits per heavy atom. The van der Waals surface area contributed by atoms with Gasteiger partial charge < -0.3 is 4.42 Å². The molecule has 0 saturated carbocycles. The molecule has 0 bridgehead atoms. The Kier molecular flexibility index (Phi) is 4.94. The summed E-state index contributed by atoms with van der Waals surface area (Å²) in [7, 11) is 2.06. The largest absolute Gasteiger partial charge is 0.455 e. The van der Waals surface area contributed by atoms with Crippen LogP contribution in [0.1, 0.15) is 11.1 Å². The second kappa shape index (κ2) is 8.27. The molecule has 0 saturated heterocycles. The van der Waals surface area contributed by atoms with Crippen LogP contribution >= 0.6 is 0 Å². The summed E-state index contributed by atoms with van der Waals surface area (Å²) < 4.78 is 8.66. The van der Waals surface area contributed by atoms with Gasteiger partial charge in [0, 0.05) is 28.5 Å². The van der Waals surface area contributed by atoms with E-state index in [0.29, 0.717) is 5.56 Å². The zero-order valence-electron chi connectivity index (χ0n) is 19.6. The maximum Gasteiger partial charge on any atom is 0.213 e. The maximum atomic E-state index is 10.0. The van der Waals surface area contributed by atoms with E-state index in [4.69, 9.17) is 4.42 Å². The molecule has 6 rings (SSSR count). The van der Waals surface area contributed by atoms with Crippen molar-refractivity contribution in [2.24, 2.45) is 7.05 Å². The van der Waals surface area contributed by atoms with Gasteiger partial charge in [0.2, 0.25) is 5.69 Å². The van der Waals surface area contributed by atoms with Crippen molar-refractivity contribution in [2.75, 3.05) is 0 Å². The van der Waals surface area contributed by atoms with E-state index in [1.807, 2.05) is 48.5 Å². The van der Waals surface area contributed by atoms with Crippen LogP contribution in [0.15, 0.2) is 108 Å². The fourth-order valence-electron chi connectivity index (χ4n) is 5.01. The minimum Gasteiger partial charge on any atom is -0.455 e. The molecular formula is C32H23N2O+. The molecule has 0 aliphatic rings. The molecule has 0 unspecified atom stereocenters. The SMILES string of the molecule is Cc1ccc2oc3c(-c4cccc(-c5ccccc5)c4)c(C#N)ccc3c2c1-c1cccc[n+]1C. The van der Waals surface area contributed by atoms with E-state index in [0.717, 1.165) is 55.4 Å². The van der Waals surface area contributed by atoms with Gasteiger partial charge in [0.25, 0.3) is 0 Å². The summed E-state index contributed by atoms with van der Waals surface area (Å²) in [6.07, 6.45) is 2.06. The molecule has 4 aromatic carbocycles. The van der Waals surface area contributed by atoms with E-state index in [1.165, 1.54) is 5.56 Å². The van der Waals surface area contributed by atoms with Crippen molar-refractivity contribution in [3.63, 3.8) is 0 Å². The summed E-state index contributed by atoms with van der Waals surface area (Å²) in [5.74, 6) is 0. The molecule has 0 spiro atoms. The molecule has 3 heteroatoms. The normalized spacial score (nSPS) is 11.1. The van der Waals surface area contributed by atoms with Gasteiger partial charge >= 0.3 is 0 Å². The molecular weight excluding hydrogens is 428 g/mol. The number of pyridine rings is 1. The molecule has 0 atom stereocenters. The van der Waals surface area contributed by atoms with Crippen LogP contribution in [0.4, 0.5) is 0 Å². The van der Waals surface area contributed by atoms with Gasteiger partial charge in [-0.2, -0.15) is 5.26 Å². The lowest BCUT2D eigenvalue weighted by Gasteiger charge is -2.09. The van der Waals surface area contributed by atoms with E-state index < -0.39 is 0 Å². The molecule has 0 aliphatic heterocycles. The van der Waals surface area contributed by atoms with E-state index in [1.54, 1.807) is 0 Å². The van der Waals surface area contributed by atoms with Gasteiger partial charge in [0.05, 0.1) is 17.2 Å². The molecule has 6 aromatic rings. The molecule has 166 valence electrons. The Balaban J connectivity index is 1.68. The summed E-state index contributed by atoms with van der Waals surface area (Å²) in [5.41, 5.74) is 9.66. The Bertz CT molecular complexity index is 1770. The smallest absolute Gasteiger partial charge is 0.213 e. The second-order valence-electron chi connectivity index (χ2n) is 8.85. The van der Waals surface area contributed by atoms with Crippen LogP contribution < -0.4 is 4.57 Å². The molecule has 35 heavy (non-hydrogen) atoms. The second-order valence-corrected chi connectivity index (χ2v) is 8.85. The summed E-state index contributed by atoms with van der Waals surface area (Å²) in [5, 5.41) is 12.1. The van der Waals surface area contributed by atoms with Crippen molar-refractivity contribution in [2.45, 2.75) is 6.92 Å². The van der Waals surface area contributed by atoms with Crippen LogP contribution in [-0.2, 0) is 7.05 Å². The summed E-state index contributed by atoms with van der Waals surface area (Å²) >= 11 is 0. The van der Waals surface area contributed by atoms with Crippen molar-refractivity contribution >= 4 is 21.9 Å². The van der Waals surface area contributed by atoms with Crippen LogP contribution in [0, 0.1) is 18.3 Å². The van der Waals surface area contributed by atoms with Crippen molar-refractivity contribution in [3.8, 4) is 39.6 Å². The minimum atomic E-state index is 0.602. The first-order valence-electron chi connectivity index (χ1n) is 11.7. The lowest BCUT2D eigenvalue weighted by Crippen LogP contribution is -2.30. The van der Waals surface area contributed by atoms with E-state index in [2.05, 4.69) is 79.3 Å². The molecule has 3 nitrogen and oxygen atoms in total. The standard InChI is InChI=1S/C32H23N2O/c1-21-14-17-28-31(29(21)27-13-6-7-18-34(27)2)26-16-15-25(20-33)30(32(26)35-28)24-12-8-11-23(19-24)22-9-4-3-5-10-22/h3-19H,1-2H3/q+1. The number of aromatic nitrogens is 1. The molecule has 0 N–H and O–H groups in total. The molecule has 2 aromatic heterocycles. The number of nitrogens with zero attached hydrogens (tertiary/aromatic N) is 2. The maximum absolute atomic E-state index is 10.0.